The zero-order valence-corrected chi connectivity index (χ0v) is 14.5. The molecule has 0 N–H and O–H groups in total. The molecule has 0 unspecified atom stereocenters. The minimum Gasteiger partial charge on any atom is -0.484 e. The largest absolute Gasteiger partial charge is 0.484 e. The molecule has 2 aliphatic carbocycles. The second kappa shape index (κ2) is 7.14. The van der Waals surface area contributed by atoms with E-state index < -0.39 is 0 Å². The number of ether oxygens (including phenoxy) is 1. The number of halogens is 1. The Hall–Kier alpha value is -1.55. The summed E-state index contributed by atoms with van der Waals surface area (Å²) in [6.07, 6.45) is 7.58. The monoisotopic (exact) mass is 343 g/mol. The zero-order valence-electron chi connectivity index (χ0n) is 13.7. The van der Waals surface area contributed by atoms with E-state index in [9.17, 15) is 4.39 Å². The summed E-state index contributed by atoms with van der Waals surface area (Å²) >= 11 is 1.86. The van der Waals surface area contributed by atoms with Gasteiger partial charge in [-0.15, -0.1) is 11.8 Å². The van der Waals surface area contributed by atoms with Gasteiger partial charge in [0.25, 0.3) is 0 Å². The summed E-state index contributed by atoms with van der Waals surface area (Å²) in [6, 6.07) is 11.4. The number of hydrogen-bond acceptors (Lipinski definition) is 3. The molecule has 0 radical (unpaired) electrons. The van der Waals surface area contributed by atoms with Crippen LogP contribution in [0.4, 0.5) is 4.39 Å². The molecule has 2 nitrogen and oxygen atoms in total. The highest BCUT2D eigenvalue weighted by atomic mass is 32.2. The summed E-state index contributed by atoms with van der Waals surface area (Å²) in [5.41, 5.74) is 1.94. The fourth-order valence-electron chi connectivity index (χ4n) is 3.24. The Morgan fingerprint density at radius 2 is 1.92 bits per heavy atom. The molecule has 2 fully saturated rings. The maximum absolute atomic E-state index is 14.1. The van der Waals surface area contributed by atoms with Gasteiger partial charge in [-0.05, 0) is 61.4 Å². The van der Waals surface area contributed by atoms with E-state index in [2.05, 4.69) is 11.1 Å². The molecule has 126 valence electrons. The Morgan fingerprint density at radius 3 is 2.67 bits per heavy atom. The van der Waals surface area contributed by atoms with Gasteiger partial charge in [-0.3, -0.25) is 0 Å². The van der Waals surface area contributed by atoms with Crippen LogP contribution in [0.5, 0.6) is 5.75 Å². The number of aromatic nitrogens is 1. The molecule has 1 heterocycles. The van der Waals surface area contributed by atoms with Gasteiger partial charge in [0, 0.05) is 5.25 Å². The van der Waals surface area contributed by atoms with Crippen LogP contribution in [0, 0.1) is 5.82 Å². The quantitative estimate of drug-likeness (QED) is 0.670. The van der Waals surface area contributed by atoms with Crippen LogP contribution >= 0.6 is 11.8 Å². The Kier molecular flexibility index (Phi) is 4.74. The first-order chi connectivity index (χ1) is 11.8. The second-order valence-electron chi connectivity index (χ2n) is 6.74. The molecular formula is C20H22FNOS. The van der Waals surface area contributed by atoms with Crippen molar-refractivity contribution in [2.75, 3.05) is 0 Å². The molecular weight excluding hydrogens is 321 g/mol. The van der Waals surface area contributed by atoms with Crippen LogP contribution in [0.3, 0.4) is 0 Å². The second-order valence-corrected chi connectivity index (χ2v) is 8.06. The molecule has 0 atom stereocenters. The molecule has 4 rings (SSSR count). The first kappa shape index (κ1) is 15.9. The maximum atomic E-state index is 14.1. The highest BCUT2D eigenvalue weighted by Gasteiger charge is 2.24. The molecule has 2 aromatic rings. The highest BCUT2D eigenvalue weighted by Crippen LogP contribution is 2.41. The fraction of sp³-hybridized carbons (Fsp3) is 0.450. The molecule has 2 aliphatic rings. The average molecular weight is 343 g/mol. The van der Waals surface area contributed by atoms with E-state index in [1.165, 1.54) is 38.5 Å². The van der Waals surface area contributed by atoms with Crippen molar-refractivity contribution in [2.24, 2.45) is 0 Å². The van der Waals surface area contributed by atoms with Gasteiger partial charge < -0.3 is 4.74 Å². The zero-order chi connectivity index (χ0) is 16.4. The molecule has 0 aliphatic heterocycles. The van der Waals surface area contributed by atoms with Crippen molar-refractivity contribution in [2.45, 2.75) is 61.3 Å². The lowest BCUT2D eigenvalue weighted by Crippen LogP contribution is -2.02. The lowest BCUT2D eigenvalue weighted by molar-refractivity contribution is 0.285. The van der Waals surface area contributed by atoms with Crippen molar-refractivity contribution >= 4 is 11.8 Å². The van der Waals surface area contributed by atoms with Crippen LogP contribution in [-0.2, 0) is 6.61 Å². The fourth-order valence-corrected chi connectivity index (χ4v) is 4.47. The van der Waals surface area contributed by atoms with E-state index in [4.69, 9.17) is 4.74 Å². The third-order valence-electron chi connectivity index (χ3n) is 4.75. The van der Waals surface area contributed by atoms with Crippen molar-refractivity contribution in [1.82, 2.24) is 4.98 Å². The van der Waals surface area contributed by atoms with E-state index in [-0.39, 0.29) is 5.82 Å². The Morgan fingerprint density at radius 1 is 1.08 bits per heavy atom. The summed E-state index contributed by atoms with van der Waals surface area (Å²) in [4.78, 5) is 4.65. The molecule has 4 heteroatoms. The molecule has 0 saturated heterocycles. The van der Waals surface area contributed by atoms with Crippen molar-refractivity contribution in [3.8, 4) is 5.75 Å². The highest BCUT2D eigenvalue weighted by molar-refractivity contribution is 7.99. The number of benzene rings is 1. The summed E-state index contributed by atoms with van der Waals surface area (Å²) in [7, 11) is 0. The summed E-state index contributed by atoms with van der Waals surface area (Å²) in [5.74, 6) is 0.602. The first-order valence-corrected chi connectivity index (χ1v) is 9.71. The summed E-state index contributed by atoms with van der Waals surface area (Å²) in [5, 5.41) is 1.74. The number of nitrogens with zero attached hydrogens (tertiary/aromatic N) is 1. The van der Waals surface area contributed by atoms with Gasteiger partial charge in [0.2, 0.25) is 0 Å². The Labute approximate surface area is 146 Å². The van der Waals surface area contributed by atoms with E-state index in [1.807, 2.05) is 30.0 Å². The Balaban J connectivity index is 1.38. The topological polar surface area (TPSA) is 22.1 Å². The van der Waals surface area contributed by atoms with Crippen molar-refractivity contribution in [1.29, 1.82) is 0 Å². The first-order valence-electron chi connectivity index (χ1n) is 8.83. The third kappa shape index (κ3) is 3.92. The number of pyridine rings is 1. The van der Waals surface area contributed by atoms with Crippen molar-refractivity contribution in [3.05, 3.63) is 53.5 Å². The predicted octanol–water partition coefficient (Wildman–Crippen LogP) is 5.71. The van der Waals surface area contributed by atoms with Gasteiger partial charge in [0.05, 0.1) is 10.7 Å². The molecule has 1 aromatic carbocycles. The number of rotatable bonds is 6. The van der Waals surface area contributed by atoms with E-state index in [0.29, 0.717) is 23.5 Å². The third-order valence-corrected chi connectivity index (χ3v) is 6.02. The number of thioether (sulfide) groups is 1. The maximum Gasteiger partial charge on any atom is 0.165 e. The van der Waals surface area contributed by atoms with Crippen LogP contribution in [0.25, 0.3) is 0 Å². The smallest absolute Gasteiger partial charge is 0.165 e. The van der Waals surface area contributed by atoms with E-state index >= 15 is 0 Å². The molecule has 0 spiro atoms. The van der Waals surface area contributed by atoms with E-state index in [1.54, 1.807) is 12.1 Å². The van der Waals surface area contributed by atoms with Gasteiger partial charge in [0.1, 0.15) is 6.61 Å². The van der Waals surface area contributed by atoms with Crippen LogP contribution in [0.15, 0.2) is 41.4 Å². The van der Waals surface area contributed by atoms with Gasteiger partial charge in [-0.1, -0.05) is 25.0 Å². The standard InChI is InChI=1S/C20H22FNOS/c21-18-12-15(14-8-9-14)10-11-19(18)23-13-16-4-3-7-20(22-16)24-17-5-1-2-6-17/h3-4,7,10-12,14,17H,1-2,5-6,8-9,13H2. The minimum absolute atomic E-state index is 0.268. The van der Waals surface area contributed by atoms with Crippen molar-refractivity contribution < 1.29 is 9.13 Å². The normalized spacial score (nSPS) is 18.0. The van der Waals surface area contributed by atoms with E-state index in [0.717, 1.165) is 16.3 Å². The summed E-state index contributed by atoms with van der Waals surface area (Å²) < 4.78 is 19.8. The van der Waals surface area contributed by atoms with Crippen LogP contribution in [0.1, 0.15) is 55.7 Å². The molecule has 0 amide bonds. The van der Waals surface area contributed by atoms with Gasteiger partial charge in [0.15, 0.2) is 11.6 Å². The van der Waals surface area contributed by atoms with Crippen LogP contribution < -0.4 is 4.74 Å². The summed E-state index contributed by atoms with van der Waals surface area (Å²) in [6.45, 7) is 0.304. The van der Waals surface area contributed by atoms with Crippen LogP contribution in [0.2, 0.25) is 0 Å². The van der Waals surface area contributed by atoms with Crippen molar-refractivity contribution in [3.63, 3.8) is 0 Å². The van der Waals surface area contributed by atoms with Gasteiger partial charge in [-0.25, -0.2) is 9.37 Å². The lowest BCUT2D eigenvalue weighted by Gasteiger charge is -2.11. The molecule has 24 heavy (non-hydrogen) atoms. The predicted molar refractivity (Wildman–Crippen MR) is 95.1 cm³/mol. The average Bonchev–Trinajstić information content (AvgIpc) is 3.32. The molecule has 1 aromatic heterocycles. The van der Waals surface area contributed by atoms with Gasteiger partial charge >= 0.3 is 0 Å². The molecule has 2 saturated carbocycles. The Bertz CT molecular complexity index is 711. The lowest BCUT2D eigenvalue weighted by atomic mass is 10.1. The van der Waals surface area contributed by atoms with Gasteiger partial charge in [-0.2, -0.15) is 0 Å². The molecule has 0 bridgehead atoms. The number of hydrogen-bond donors (Lipinski definition) is 0. The van der Waals surface area contributed by atoms with Crippen LogP contribution in [-0.4, -0.2) is 10.2 Å². The minimum atomic E-state index is -0.268. The SMILES string of the molecule is Fc1cc(C2CC2)ccc1OCc1cccc(SC2CCCC2)n1.